The lowest BCUT2D eigenvalue weighted by Crippen LogP contribution is -2.29. The molecule has 0 bridgehead atoms. The zero-order valence-electron chi connectivity index (χ0n) is 10.0. The van der Waals surface area contributed by atoms with E-state index in [4.69, 9.17) is 9.47 Å². The van der Waals surface area contributed by atoms with Gasteiger partial charge in [0.2, 0.25) is 0 Å². The molecule has 4 nitrogen and oxygen atoms in total. The van der Waals surface area contributed by atoms with Gasteiger partial charge < -0.3 is 9.47 Å². The van der Waals surface area contributed by atoms with Crippen molar-refractivity contribution in [3.8, 4) is 0 Å². The van der Waals surface area contributed by atoms with Crippen molar-refractivity contribution in [2.24, 2.45) is 10.9 Å². The number of hydrogen-bond acceptors (Lipinski definition) is 4. The SMILES string of the molecule is CC1OCC(=Nc2ccccc2)C1C(=O)OCI. The molecule has 1 heterocycles. The Labute approximate surface area is 120 Å². The summed E-state index contributed by atoms with van der Waals surface area (Å²) < 4.78 is 10.9. The molecule has 1 aliphatic rings. The molecule has 1 aliphatic heterocycles. The Hall–Kier alpha value is -0.950. The molecular formula is C13H14INO3. The Morgan fingerprint density at radius 3 is 2.89 bits per heavy atom. The first-order valence-electron chi connectivity index (χ1n) is 5.69. The van der Waals surface area contributed by atoms with E-state index in [9.17, 15) is 4.79 Å². The van der Waals surface area contributed by atoms with Gasteiger partial charge in [-0.15, -0.1) is 0 Å². The van der Waals surface area contributed by atoms with Crippen LogP contribution in [-0.2, 0) is 14.3 Å². The van der Waals surface area contributed by atoms with Crippen molar-refractivity contribution in [3.05, 3.63) is 30.3 Å². The zero-order valence-corrected chi connectivity index (χ0v) is 12.2. The molecule has 5 heteroatoms. The minimum absolute atomic E-state index is 0.178. The Kier molecular flexibility index (Phi) is 4.71. The number of esters is 1. The van der Waals surface area contributed by atoms with Crippen LogP contribution in [0.5, 0.6) is 0 Å². The van der Waals surface area contributed by atoms with Gasteiger partial charge in [0.1, 0.15) is 10.5 Å². The summed E-state index contributed by atoms with van der Waals surface area (Å²) in [7, 11) is 0. The van der Waals surface area contributed by atoms with Crippen molar-refractivity contribution in [3.63, 3.8) is 0 Å². The first-order valence-corrected chi connectivity index (χ1v) is 7.21. The fraction of sp³-hybridized carbons (Fsp3) is 0.385. The monoisotopic (exact) mass is 359 g/mol. The van der Waals surface area contributed by atoms with Crippen molar-refractivity contribution in [2.45, 2.75) is 13.0 Å². The minimum atomic E-state index is -0.389. The van der Waals surface area contributed by atoms with Crippen molar-refractivity contribution in [1.29, 1.82) is 0 Å². The van der Waals surface area contributed by atoms with Crippen molar-refractivity contribution >= 4 is 40.0 Å². The maximum absolute atomic E-state index is 11.9. The number of hydrogen-bond donors (Lipinski definition) is 0. The van der Waals surface area contributed by atoms with Gasteiger partial charge in [-0.3, -0.25) is 9.79 Å². The summed E-state index contributed by atoms with van der Waals surface area (Å²) in [4.78, 5) is 16.4. The third-order valence-corrected chi connectivity index (χ3v) is 3.11. The molecule has 0 saturated carbocycles. The zero-order chi connectivity index (χ0) is 13.0. The van der Waals surface area contributed by atoms with E-state index in [0.717, 1.165) is 11.4 Å². The fourth-order valence-electron chi connectivity index (χ4n) is 1.92. The maximum Gasteiger partial charge on any atom is 0.318 e. The lowest BCUT2D eigenvalue weighted by Gasteiger charge is -2.12. The van der Waals surface area contributed by atoms with E-state index >= 15 is 0 Å². The predicted octanol–water partition coefficient (Wildman–Crippen LogP) is 2.73. The molecule has 0 amide bonds. The number of carbonyl (C=O) groups is 1. The smallest absolute Gasteiger partial charge is 0.318 e. The van der Waals surface area contributed by atoms with Crippen LogP contribution >= 0.6 is 22.6 Å². The van der Waals surface area contributed by atoms with Gasteiger partial charge in [-0.05, 0) is 41.6 Å². The summed E-state index contributed by atoms with van der Waals surface area (Å²) in [6, 6.07) is 9.56. The van der Waals surface area contributed by atoms with Crippen LogP contribution in [0.15, 0.2) is 35.3 Å². The third-order valence-electron chi connectivity index (χ3n) is 2.80. The van der Waals surface area contributed by atoms with Crippen LogP contribution in [0.25, 0.3) is 0 Å². The molecule has 0 radical (unpaired) electrons. The van der Waals surface area contributed by atoms with Crippen LogP contribution in [-0.4, -0.2) is 29.0 Å². The second-order valence-electron chi connectivity index (χ2n) is 4.00. The van der Waals surface area contributed by atoms with Crippen LogP contribution in [0.2, 0.25) is 0 Å². The first-order chi connectivity index (χ1) is 8.72. The van der Waals surface area contributed by atoms with E-state index in [2.05, 4.69) is 4.99 Å². The van der Waals surface area contributed by atoms with E-state index in [0.29, 0.717) is 11.2 Å². The number of aliphatic imine (C=N–C) groups is 1. The second-order valence-corrected chi connectivity index (χ2v) is 4.63. The molecule has 2 unspecified atom stereocenters. The largest absolute Gasteiger partial charge is 0.454 e. The Morgan fingerprint density at radius 2 is 2.22 bits per heavy atom. The molecule has 0 aliphatic carbocycles. The normalized spacial score (nSPS) is 25.3. The van der Waals surface area contributed by atoms with Crippen LogP contribution in [0.3, 0.4) is 0 Å². The van der Waals surface area contributed by atoms with Crippen molar-refractivity contribution in [1.82, 2.24) is 0 Å². The average molecular weight is 359 g/mol. The molecule has 0 N–H and O–H groups in total. The molecule has 96 valence electrons. The minimum Gasteiger partial charge on any atom is -0.454 e. The average Bonchev–Trinajstić information content (AvgIpc) is 2.72. The number of halogens is 1. The molecule has 1 aromatic carbocycles. The summed E-state index contributed by atoms with van der Waals surface area (Å²) in [6.45, 7) is 2.25. The second kappa shape index (κ2) is 6.29. The predicted molar refractivity (Wildman–Crippen MR) is 77.4 cm³/mol. The van der Waals surface area contributed by atoms with E-state index in [1.165, 1.54) is 0 Å². The molecular weight excluding hydrogens is 345 g/mol. The lowest BCUT2D eigenvalue weighted by molar-refractivity contribution is -0.145. The van der Waals surface area contributed by atoms with Crippen LogP contribution in [0.4, 0.5) is 5.69 Å². The fourth-order valence-corrected chi connectivity index (χ4v) is 2.22. The van der Waals surface area contributed by atoms with Gasteiger partial charge in [-0.2, -0.15) is 0 Å². The van der Waals surface area contributed by atoms with Crippen LogP contribution in [0.1, 0.15) is 6.92 Å². The summed E-state index contributed by atoms with van der Waals surface area (Å²) in [5.41, 5.74) is 1.57. The van der Waals surface area contributed by atoms with Gasteiger partial charge in [0.25, 0.3) is 0 Å². The highest BCUT2D eigenvalue weighted by Gasteiger charge is 2.37. The third kappa shape index (κ3) is 3.08. The number of ether oxygens (including phenoxy) is 2. The molecule has 2 rings (SSSR count). The quantitative estimate of drug-likeness (QED) is 0.474. The van der Waals surface area contributed by atoms with Gasteiger partial charge >= 0.3 is 5.97 Å². The van der Waals surface area contributed by atoms with Crippen LogP contribution in [0, 0.1) is 5.92 Å². The first kappa shape index (κ1) is 13.5. The summed E-state index contributed by atoms with van der Waals surface area (Å²) in [5.74, 6) is -0.649. The van der Waals surface area contributed by atoms with E-state index in [-0.39, 0.29) is 18.0 Å². The Morgan fingerprint density at radius 1 is 1.50 bits per heavy atom. The number of rotatable bonds is 3. The van der Waals surface area contributed by atoms with Gasteiger partial charge in [0.05, 0.1) is 24.1 Å². The number of alkyl halides is 1. The van der Waals surface area contributed by atoms with E-state index in [1.807, 2.05) is 59.8 Å². The number of benzene rings is 1. The Bertz CT molecular complexity index is 447. The van der Waals surface area contributed by atoms with Gasteiger partial charge in [-0.1, -0.05) is 18.2 Å². The number of carbonyl (C=O) groups excluding carboxylic acids is 1. The lowest BCUT2D eigenvalue weighted by atomic mass is 10.0. The molecule has 0 aromatic heterocycles. The summed E-state index contributed by atoms with van der Waals surface area (Å²) >= 11 is 2.00. The van der Waals surface area contributed by atoms with Gasteiger partial charge in [0, 0.05) is 0 Å². The van der Waals surface area contributed by atoms with E-state index in [1.54, 1.807) is 0 Å². The molecule has 0 spiro atoms. The summed E-state index contributed by atoms with van der Waals surface area (Å²) in [6.07, 6.45) is -0.178. The van der Waals surface area contributed by atoms with Crippen molar-refractivity contribution < 1.29 is 14.3 Å². The molecule has 1 fully saturated rings. The highest BCUT2D eigenvalue weighted by Crippen LogP contribution is 2.23. The summed E-state index contributed by atoms with van der Waals surface area (Å²) in [5, 5.41) is 0. The standard InChI is InChI=1S/C13H14INO3/c1-9-12(13(16)18-8-14)11(7-17-9)15-10-5-3-2-4-6-10/h2-6,9,12H,7-8H2,1H3. The highest BCUT2D eigenvalue weighted by atomic mass is 127. The topological polar surface area (TPSA) is 47.9 Å². The molecule has 18 heavy (non-hydrogen) atoms. The maximum atomic E-state index is 11.9. The van der Waals surface area contributed by atoms with Crippen molar-refractivity contribution in [2.75, 3.05) is 11.2 Å². The molecule has 2 atom stereocenters. The molecule has 1 aromatic rings. The van der Waals surface area contributed by atoms with Gasteiger partial charge in [0.15, 0.2) is 0 Å². The molecule has 1 saturated heterocycles. The van der Waals surface area contributed by atoms with Crippen LogP contribution < -0.4 is 0 Å². The number of nitrogens with zero attached hydrogens (tertiary/aromatic N) is 1. The van der Waals surface area contributed by atoms with Gasteiger partial charge in [-0.25, -0.2) is 0 Å². The number of para-hydroxylation sites is 1. The highest BCUT2D eigenvalue weighted by molar-refractivity contribution is 14.1. The van der Waals surface area contributed by atoms with E-state index < -0.39 is 0 Å². The Balaban J connectivity index is 2.21.